The van der Waals surface area contributed by atoms with Crippen molar-refractivity contribution in [3.63, 3.8) is 0 Å². The van der Waals surface area contributed by atoms with E-state index in [9.17, 15) is 0 Å². The molecule has 1 saturated carbocycles. The molecule has 1 aliphatic carbocycles. The molecular formula is C27H28N6. The number of nitrogens with zero attached hydrogens (tertiary/aromatic N) is 3. The van der Waals surface area contributed by atoms with E-state index in [1.54, 1.807) is 6.20 Å². The third-order valence-electron chi connectivity index (χ3n) is 6.35. The summed E-state index contributed by atoms with van der Waals surface area (Å²) < 4.78 is 0. The van der Waals surface area contributed by atoms with Gasteiger partial charge in [-0.3, -0.25) is 10.1 Å². The predicted octanol–water partition coefficient (Wildman–Crippen LogP) is 4.76. The second-order valence-electron chi connectivity index (χ2n) is 8.58. The number of aromatic nitrogens is 5. The van der Waals surface area contributed by atoms with Crippen LogP contribution in [0.4, 0.5) is 5.69 Å². The number of hydrogen-bond donors (Lipinski definition) is 3. The summed E-state index contributed by atoms with van der Waals surface area (Å²) in [5.74, 6) is 0.547. The van der Waals surface area contributed by atoms with Crippen molar-refractivity contribution in [2.45, 2.75) is 32.6 Å². The normalized spacial score (nSPS) is 15.4. The summed E-state index contributed by atoms with van der Waals surface area (Å²) >= 11 is 0. The van der Waals surface area contributed by atoms with Gasteiger partial charge in [-0.2, -0.15) is 5.10 Å². The zero-order chi connectivity index (χ0) is 22.8. The van der Waals surface area contributed by atoms with Crippen LogP contribution in [0.25, 0.3) is 40.1 Å². The first-order valence-electron chi connectivity index (χ1n) is 11.4. The molecular weight excluding hydrogens is 408 g/mol. The number of anilines is 1. The summed E-state index contributed by atoms with van der Waals surface area (Å²) in [6, 6.07) is 8.11. The molecule has 6 heteroatoms. The van der Waals surface area contributed by atoms with E-state index >= 15 is 0 Å². The van der Waals surface area contributed by atoms with Crippen molar-refractivity contribution in [2.75, 3.05) is 5.32 Å². The van der Waals surface area contributed by atoms with E-state index in [1.165, 1.54) is 25.7 Å². The van der Waals surface area contributed by atoms with E-state index in [0.717, 1.165) is 55.5 Å². The Morgan fingerprint density at radius 3 is 2.82 bits per heavy atom. The van der Waals surface area contributed by atoms with Crippen LogP contribution < -0.4 is 15.9 Å². The van der Waals surface area contributed by atoms with Gasteiger partial charge in [-0.05, 0) is 61.6 Å². The predicted molar refractivity (Wildman–Crippen MR) is 136 cm³/mol. The highest BCUT2D eigenvalue weighted by molar-refractivity contribution is 5.89. The lowest BCUT2D eigenvalue weighted by atomic mass is 10.0. The molecule has 0 atom stereocenters. The molecule has 6 nitrogen and oxygen atoms in total. The summed E-state index contributed by atoms with van der Waals surface area (Å²) in [6.07, 6.45) is 14.5. The third-order valence-corrected chi connectivity index (χ3v) is 6.35. The minimum absolute atomic E-state index is 0.547. The van der Waals surface area contributed by atoms with E-state index in [-0.39, 0.29) is 0 Å². The molecule has 166 valence electrons. The van der Waals surface area contributed by atoms with Gasteiger partial charge in [0.2, 0.25) is 0 Å². The molecule has 4 aromatic heterocycles. The molecule has 0 bridgehead atoms. The fourth-order valence-corrected chi connectivity index (χ4v) is 4.52. The molecule has 33 heavy (non-hydrogen) atoms. The third kappa shape index (κ3) is 4.24. The number of aromatic amines is 2. The Balaban J connectivity index is 1.48. The molecule has 4 aromatic rings. The Morgan fingerprint density at radius 1 is 1.18 bits per heavy atom. The largest absolute Gasteiger partial charge is 0.358 e. The van der Waals surface area contributed by atoms with Gasteiger partial charge in [0.1, 0.15) is 11.3 Å². The van der Waals surface area contributed by atoms with Crippen LogP contribution in [0.2, 0.25) is 0 Å². The number of pyridine rings is 2. The van der Waals surface area contributed by atoms with Crippen LogP contribution in [0.3, 0.4) is 0 Å². The molecule has 0 saturated heterocycles. The molecule has 1 fully saturated rings. The van der Waals surface area contributed by atoms with E-state index in [4.69, 9.17) is 0 Å². The zero-order valence-electron chi connectivity index (χ0n) is 18.9. The molecule has 0 radical (unpaired) electrons. The fourth-order valence-electron chi connectivity index (χ4n) is 4.52. The molecule has 1 aliphatic rings. The van der Waals surface area contributed by atoms with E-state index < -0.39 is 0 Å². The van der Waals surface area contributed by atoms with Crippen LogP contribution >= 0.6 is 0 Å². The van der Waals surface area contributed by atoms with Gasteiger partial charge in [-0.25, -0.2) is 4.98 Å². The number of allylic oxidation sites excluding steroid dienone is 2. The van der Waals surface area contributed by atoms with Gasteiger partial charge in [0, 0.05) is 34.3 Å². The van der Waals surface area contributed by atoms with E-state index in [1.807, 2.05) is 37.5 Å². The molecule has 0 spiro atoms. The van der Waals surface area contributed by atoms with Crippen LogP contribution in [0, 0.1) is 5.92 Å². The number of nitrogens with one attached hydrogen (secondary N) is 3. The lowest BCUT2D eigenvalue weighted by Gasteiger charge is -2.16. The smallest absolute Gasteiger partial charge is 0.137 e. The maximum absolute atomic E-state index is 4.57. The van der Waals surface area contributed by atoms with Gasteiger partial charge in [0.25, 0.3) is 0 Å². The Bertz CT molecular complexity index is 1420. The molecule has 0 amide bonds. The monoisotopic (exact) mass is 436 g/mol. The Kier molecular flexibility index (Phi) is 5.65. The Hall–Kier alpha value is -3.93. The Labute approximate surface area is 192 Å². The number of rotatable bonds is 6. The fraction of sp³-hybridized carbons (Fsp3) is 0.222. The average molecular weight is 437 g/mol. The molecule has 0 aromatic carbocycles. The first-order chi connectivity index (χ1) is 16.1. The summed E-state index contributed by atoms with van der Waals surface area (Å²) in [4.78, 5) is 12.2. The lowest BCUT2D eigenvalue weighted by molar-refractivity contribution is 0.649. The van der Waals surface area contributed by atoms with Crippen molar-refractivity contribution in [1.29, 1.82) is 0 Å². The highest BCUT2D eigenvalue weighted by atomic mass is 15.1. The minimum Gasteiger partial charge on any atom is -0.358 e. The zero-order valence-corrected chi connectivity index (χ0v) is 18.9. The molecule has 5 rings (SSSR count). The van der Waals surface area contributed by atoms with Crippen molar-refractivity contribution >= 4 is 34.4 Å². The first-order valence-corrected chi connectivity index (χ1v) is 11.4. The standard InChI is InChI=1S/C27H28N6/c1-4-24-23(26(33-32-24)25-14-20-10-7-11-29-27(20)31-25)12-17(2)21-13-22(16-28-15-21)30-18(3)19-8-5-6-9-19/h4,7,10-16,19,30,32H,2-3,5-6,8-9H2,1H3,(H,29,31)/b23-12+,24-4+. The second-order valence-corrected chi connectivity index (χ2v) is 8.58. The summed E-state index contributed by atoms with van der Waals surface area (Å²) in [5.41, 5.74) is 6.41. The molecule has 3 N–H and O–H groups in total. The molecule has 0 unspecified atom stereocenters. The Morgan fingerprint density at radius 2 is 2.03 bits per heavy atom. The van der Waals surface area contributed by atoms with Crippen LogP contribution in [-0.2, 0) is 0 Å². The number of fused-ring (bicyclic) bond motifs is 1. The molecule has 0 aliphatic heterocycles. The van der Waals surface area contributed by atoms with Gasteiger partial charge >= 0.3 is 0 Å². The van der Waals surface area contributed by atoms with Gasteiger partial charge in [0.15, 0.2) is 0 Å². The van der Waals surface area contributed by atoms with Crippen LogP contribution in [-0.4, -0.2) is 25.1 Å². The van der Waals surface area contributed by atoms with Crippen molar-refractivity contribution in [3.05, 3.63) is 77.8 Å². The van der Waals surface area contributed by atoms with E-state index in [2.05, 4.69) is 61.8 Å². The average Bonchev–Trinajstić information content (AvgIpc) is 3.58. The quantitative estimate of drug-likeness (QED) is 0.407. The topological polar surface area (TPSA) is 82.3 Å². The van der Waals surface area contributed by atoms with E-state index in [0.29, 0.717) is 5.92 Å². The van der Waals surface area contributed by atoms with Gasteiger partial charge in [-0.15, -0.1) is 0 Å². The number of H-pyrrole nitrogens is 2. The summed E-state index contributed by atoms with van der Waals surface area (Å²) in [6.45, 7) is 10.6. The minimum atomic E-state index is 0.547. The van der Waals surface area contributed by atoms with Crippen molar-refractivity contribution in [3.8, 4) is 11.4 Å². The van der Waals surface area contributed by atoms with Crippen LogP contribution in [0.5, 0.6) is 0 Å². The van der Waals surface area contributed by atoms with Crippen LogP contribution in [0.1, 0.15) is 38.2 Å². The maximum Gasteiger partial charge on any atom is 0.137 e. The molecule has 4 heterocycles. The highest BCUT2D eigenvalue weighted by Crippen LogP contribution is 2.31. The van der Waals surface area contributed by atoms with Crippen molar-refractivity contribution < 1.29 is 0 Å². The first kappa shape index (κ1) is 20.9. The van der Waals surface area contributed by atoms with Gasteiger partial charge in [0.05, 0.1) is 22.9 Å². The van der Waals surface area contributed by atoms with Crippen molar-refractivity contribution in [1.82, 2.24) is 25.1 Å². The lowest BCUT2D eigenvalue weighted by Crippen LogP contribution is -2.23. The highest BCUT2D eigenvalue weighted by Gasteiger charge is 2.18. The van der Waals surface area contributed by atoms with Crippen LogP contribution in [0.15, 0.2) is 61.7 Å². The van der Waals surface area contributed by atoms with Gasteiger partial charge in [-0.1, -0.05) is 32.1 Å². The SMILES string of the molecule is C=C(/C=c1/c(-c2cc3cccnc3[nH]2)n[nH]/c1=C/C)c1cncc(NC(=C)C2CCCC2)c1. The second kappa shape index (κ2) is 8.90. The van der Waals surface area contributed by atoms with Crippen molar-refractivity contribution in [2.24, 2.45) is 5.92 Å². The summed E-state index contributed by atoms with van der Waals surface area (Å²) in [5, 5.41) is 14.1. The number of hydrogen-bond acceptors (Lipinski definition) is 4. The summed E-state index contributed by atoms with van der Waals surface area (Å²) in [7, 11) is 0. The van der Waals surface area contributed by atoms with Gasteiger partial charge < -0.3 is 10.3 Å². The maximum atomic E-state index is 4.57.